The molecule has 1 heterocycles. The first kappa shape index (κ1) is 23.3. The summed E-state index contributed by atoms with van der Waals surface area (Å²) in [6, 6.07) is 4.85. The van der Waals surface area contributed by atoms with Crippen molar-refractivity contribution in [3.05, 3.63) is 34.3 Å². The molecule has 1 aliphatic carbocycles. The number of hydrogen-bond donors (Lipinski definition) is 1. The quantitative estimate of drug-likeness (QED) is 0.465. The number of thiazole rings is 1. The molecule has 31 heavy (non-hydrogen) atoms. The third-order valence-corrected chi connectivity index (χ3v) is 5.51. The molecule has 1 aromatic heterocycles. The number of Topliss-reactive ketones (excluding diaryl/α,β-unsaturated/α-hetero) is 1. The number of amides is 1. The standard InChI is InChI=1S/C22H27ClN2O5S/c1-13(25-20(27)30-22(2,3)4)9-17(26)19-11-24-21(31-19)29-18-8-7-15(10-16(18)23)28-12-14-5-6-14/h7-8,10-11,13-14H,5-6,9,12H2,1-4H3,(H,25,27)/t13-/m0/s1. The Morgan fingerprint density at radius 2 is 2.06 bits per heavy atom. The van der Waals surface area contributed by atoms with Crippen molar-refractivity contribution < 1.29 is 23.8 Å². The first-order valence-electron chi connectivity index (χ1n) is 10.2. The number of carbonyl (C=O) groups excluding carboxylic acids is 2. The molecule has 1 saturated carbocycles. The van der Waals surface area contributed by atoms with Crippen LogP contribution in [0.5, 0.6) is 16.7 Å². The van der Waals surface area contributed by atoms with E-state index < -0.39 is 11.7 Å². The van der Waals surface area contributed by atoms with Crippen molar-refractivity contribution in [1.29, 1.82) is 0 Å². The fourth-order valence-corrected chi connectivity index (χ4v) is 3.56. The van der Waals surface area contributed by atoms with Crippen LogP contribution in [0, 0.1) is 5.92 Å². The predicted octanol–water partition coefficient (Wildman–Crippen LogP) is 5.86. The van der Waals surface area contributed by atoms with Crippen LogP contribution in [-0.4, -0.2) is 35.1 Å². The second kappa shape index (κ2) is 9.87. The molecule has 1 fully saturated rings. The van der Waals surface area contributed by atoms with Crippen LogP contribution in [0.25, 0.3) is 0 Å². The Hall–Kier alpha value is -2.32. The fraction of sp³-hybridized carbons (Fsp3) is 0.500. The lowest BCUT2D eigenvalue weighted by Crippen LogP contribution is -2.38. The first-order chi connectivity index (χ1) is 14.6. The van der Waals surface area contributed by atoms with E-state index in [1.54, 1.807) is 45.9 Å². The van der Waals surface area contributed by atoms with Crippen LogP contribution in [0.2, 0.25) is 5.02 Å². The molecule has 9 heteroatoms. The number of ketones is 1. The molecular formula is C22H27ClN2O5S. The van der Waals surface area contributed by atoms with E-state index in [0.29, 0.717) is 39.1 Å². The van der Waals surface area contributed by atoms with Crippen LogP contribution >= 0.6 is 22.9 Å². The number of halogens is 1. The number of benzene rings is 1. The highest BCUT2D eigenvalue weighted by atomic mass is 35.5. The Kier molecular flexibility index (Phi) is 7.43. The normalized spacial score (nSPS) is 14.6. The van der Waals surface area contributed by atoms with Gasteiger partial charge in [-0.3, -0.25) is 4.79 Å². The zero-order valence-electron chi connectivity index (χ0n) is 18.1. The lowest BCUT2D eigenvalue weighted by Gasteiger charge is -2.21. The number of nitrogens with one attached hydrogen (secondary N) is 1. The summed E-state index contributed by atoms with van der Waals surface area (Å²) in [5.74, 6) is 1.65. The van der Waals surface area contributed by atoms with Crippen LogP contribution < -0.4 is 14.8 Å². The second-order valence-electron chi connectivity index (χ2n) is 8.61. The SMILES string of the molecule is C[C@@H](CC(=O)c1cnc(Oc2ccc(OCC3CC3)cc2Cl)s1)NC(=O)OC(C)(C)C. The molecule has 3 rings (SSSR count). The molecule has 0 bridgehead atoms. The number of ether oxygens (including phenoxy) is 3. The van der Waals surface area contributed by atoms with Crippen molar-refractivity contribution in [1.82, 2.24) is 10.3 Å². The maximum atomic E-state index is 12.5. The van der Waals surface area contributed by atoms with Gasteiger partial charge in [0.25, 0.3) is 5.19 Å². The molecule has 0 unspecified atom stereocenters. The molecular weight excluding hydrogens is 440 g/mol. The van der Waals surface area contributed by atoms with Gasteiger partial charge in [-0.25, -0.2) is 9.78 Å². The van der Waals surface area contributed by atoms with E-state index in [4.69, 9.17) is 25.8 Å². The Morgan fingerprint density at radius 1 is 1.32 bits per heavy atom. The van der Waals surface area contributed by atoms with Gasteiger partial charge >= 0.3 is 6.09 Å². The minimum atomic E-state index is -0.597. The van der Waals surface area contributed by atoms with Gasteiger partial charge in [-0.2, -0.15) is 0 Å². The fourth-order valence-electron chi connectivity index (χ4n) is 2.62. The average Bonchev–Trinajstić information content (AvgIpc) is 3.36. The summed E-state index contributed by atoms with van der Waals surface area (Å²) in [7, 11) is 0. The highest BCUT2D eigenvalue weighted by Gasteiger charge is 2.22. The summed E-state index contributed by atoms with van der Waals surface area (Å²) in [6.45, 7) is 7.79. The topological polar surface area (TPSA) is 86.8 Å². The number of aromatic nitrogens is 1. The summed E-state index contributed by atoms with van der Waals surface area (Å²) >= 11 is 7.42. The maximum absolute atomic E-state index is 12.5. The van der Waals surface area contributed by atoms with Crippen LogP contribution in [0.4, 0.5) is 4.79 Å². The molecule has 1 aliphatic rings. The zero-order chi connectivity index (χ0) is 22.6. The Bertz CT molecular complexity index is 936. The monoisotopic (exact) mass is 466 g/mol. The average molecular weight is 467 g/mol. The summed E-state index contributed by atoms with van der Waals surface area (Å²) in [5.41, 5.74) is -0.597. The molecule has 1 atom stereocenters. The van der Waals surface area contributed by atoms with Crippen LogP contribution in [0.3, 0.4) is 0 Å². The van der Waals surface area contributed by atoms with E-state index in [9.17, 15) is 9.59 Å². The molecule has 0 radical (unpaired) electrons. The lowest BCUT2D eigenvalue weighted by molar-refractivity contribution is 0.0506. The van der Waals surface area contributed by atoms with Gasteiger partial charge in [-0.05, 0) is 58.6 Å². The van der Waals surface area contributed by atoms with Crippen molar-refractivity contribution in [3.63, 3.8) is 0 Å². The number of carbonyl (C=O) groups is 2. The number of alkyl carbamates (subject to hydrolysis) is 1. The molecule has 0 saturated heterocycles. The Labute approximate surface area is 191 Å². The predicted molar refractivity (Wildman–Crippen MR) is 120 cm³/mol. The molecule has 0 spiro atoms. The van der Waals surface area contributed by atoms with Gasteiger partial charge in [-0.15, -0.1) is 0 Å². The van der Waals surface area contributed by atoms with Gasteiger partial charge in [0.2, 0.25) is 0 Å². The smallest absolute Gasteiger partial charge is 0.407 e. The first-order valence-corrected chi connectivity index (χ1v) is 11.4. The van der Waals surface area contributed by atoms with Crippen LogP contribution in [0.1, 0.15) is 56.6 Å². The van der Waals surface area contributed by atoms with E-state index in [0.717, 1.165) is 11.3 Å². The van der Waals surface area contributed by atoms with Crippen molar-refractivity contribution in [3.8, 4) is 16.7 Å². The van der Waals surface area contributed by atoms with E-state index >= 15 is 0 Å². The summed E-state index contributed by atoms with van der Waals surface area (Å²) < 4.78 is 16.6. The van der Waals surface area contributed by atoms with E-state index in [2.05, 4.69) is 10.3 Å². The van der Waals surface area contributed by atoms with Crippen LogP contribution in [-0.2, 0) is 4.74 Å². The van der Waals surface area contributed by atoms with Gasteiger partial charge in [0.15, 0.2) is 5.78 Å². The summed E-state index contributed by atoms with van der Waals surface area (Å²) in [4.78, 5) is 28.9. The third kappa shape index (κ3) is 7.70. The summed E-state index contributed by atoms with van der Waals surface area (Å²) in [6.07, 6.45) is 3.46. The second-order valence-corrected chi connectivity index (χ2v) is 10.0. The van der Waals surface area contributed by atoms with Gasteiger partial charge in [0.1, 0.15) is 17.1 Å². The van der Waals surface area contributed by atoms with Crippen LogP contribution in [0.15, 0.2) is 24.4 Å². The molecule has 1 N–H and O–H groups in total. The van der Waals surface area contributed by atoms with E-state index in [-0.39, 0.29) is 18.2 Å². The van der Waals surface area contributed by atoms with E-state index in [1.165, 1.54) is 19.0 Å². The van der Waals surface area contributed by atoms with Gasteiger partial charge in [0.05, 0.1) is 22.7 Å². The molecule has 2 aromatic rings. The molecule has 168 valence electrons. The van der Waals surface area contributed by atoms with Gasteiger partial charge in [0, 0.05) is 18.5 Å². The highest BCUT2D eigenvalue weighted by Crippen LogP contribution is 2.35. The number of nitrogens with zero attached hydrogens (tertiary/aromatic N) is 1. The zero-order valence-corrected chi connectivity index (χ0v) is 19.6. The lowest BCUT2D eigenvalue weighted by atomic mass is 10.1. The van der Waals surface area contributed by atoms with Crippen molar-refractivity contribution in [2.75, 3.05) is 6.61 Å². The van der Waals surface area contributed by atoms with Crippen molar-refractivity contribution in [2.45, 2.75) is 58.6 Å². The minimum Gasteiger partial charge on any atom is -0.493 e. The Balaban J connectivity index is 1.52. The van der Waals surface area contributed by atoms with Crippen molar-refractivity contribution in [2.24, 2.45) is 5.92 Å². The van der Waals surface area contributed by atoms with Gasteiger partial charge < -0.3 is 19.5 Å². The molecule has 1 amide bonds. The molecule has 1 aromatic carbocycles. The molecule has 0 aliphatic heterocycles. The summed E-state index contributed by atoms with van der Waals surface area (Å²) in [5, 5.41) is 3.38. The maximum Gasteiger partial charge on any atom is 0.407 e. The van der Waals surface area contributed by atoms with Gasteiger partial charge in [-0.1, -0.05) is 22.9 Å². The number of hydrogen-bond acceptors (Lipinski definition) is 7. The van der Waals surface area contributed by atoms with E-state index in [1.807, 2.05) is 0 Å². The largest absolute Gasteiger partial charge is 0.493 e. The highest BCUT2D eigenvalue weighted by molar-refractivity contribution is 7.15. The minimum absolute atomic E-state index is 0.120. The Morgan fingerprint density at radius 3 is 2.71 bits per heavy atom. The third-order valence-electron chi connectivity index (χ3n) is 4.30. The number of rotatable bonds is 9. The van der Waals surface area contributed by atoms with Crippen molar-refractivity contribution >= 4 is 34.8 Å². The molecule has 7 nitrogen and oxygen atoms in total.